The highest BCUT2D eigenvalue weighted by Gasteiger charge is 2.39. The summed E-state index contributed by atoms with van der Waals surface area (Å²) in [4.78, 5) is 0. The van der Waals surface area contributed by atoms with Crippen molar-refractivity contribution in [2.24, 2.45) is 5.92 Å². The molecule has 124 valence electrons. The van der Waals surface area contributed by atoms with E-state index >= 15 is 0 Å². The predicted octanol–water partition coefficient (Wildman–Crippen LogP) is 5.29. The second kappa shape index (κ2) is 6.17. The van der Waals surface area contributed by atoms with Gasteiger partial charge in [-0.15, -0.1) is 0 Å². The Morgan fingerprint density at radius 3 is 2.58 bits per heavy atom. The van der Waals surface area contributed by atoms with Crippen LogP contribution in [-0.2, 0) is 0 Å². The molecule has 0 saturated carbocycles. The van der Waals surface area contributed by atoms with Crippen LogP contribution >= 0.6 is 15.9 Å². The molecule has 4 rings (SSSR count). The van der Waals surface area contributed by atoms with Crippen LogP contribution in [0.1, 0.15) is 29.5 Å². The normalized spacial score (nSPS) is 24.0. The number of fused-ring (bicyclic) bond motifs is 3. The zero-order valence-electron chi connectivity index (χ0n) is 13.8. The van der Waals surface area contributed by atoms with E-state index in [1.165, 1.54) is 11.1 Å². The zero-order valence-corrected chi connectivity index (χ0v) is 15.3. The van der Waals surface area contributed by atoms with Crippen LogP contribution in [-0.4, -0.2) is 14.2 Å². The number of anilines is 1. The topological polar surface area (TPSA) is 30.5 Å². The molecule has 0 saturated heterocycles. The molecule has 2 aromatic rings. The number of halogens is 1. The van der Waals surface area contributed by atoms with Crippen LogP contribution in [0.25, 0.3) is 0 Å². The maximum absolute atomic E-state index is 5.63. The molecule has 0 aromatic heterocycles. The van der Waals surface area contributed by atoms with E-state index in [9.17, 15) is 0 Å². The number of ether oxygens (including phenoxy) is 2. The van der Waals surface area contributed by atoms with Crippen molar-refractivity contribution in [3.8, 4) is 11.5 Å². The third kappa shape index (κ3) is 2.49. The van der Waals surface area contributed by atoms with Gasteiger partial charge in [0.1, 0.15) is 11.5 Å². The van der Waals surface area contributed by atoms with Gasteiger partial charge in [0.2, 0.25) is 0 Å². The van der Waals surface area contributed by atoms with Crippen molar-refractivity contribution in [1.82, 2.24) is 0 Å². The van der Waals surface area contributed by atoms with Crippen molar-refractivity contribution in [2.45, 2.75) is 18.4 Å². The van der Waals surface area contributed by atoms with Crippen LogP contribution in [0.3, 0.4) is 0 Å². The first-order chi connectivity index (χ1) is 11.7. The highest BCUT2D eigenvalue weighted by Crippen LogP contribution is 2.53. The third-order valence-corrected chi connectivity index (χ3v) is 5.62. The van der Waals surface area contributed by atoms with Crippen LogP contribution in [0.15, 0.2) is 53.0 Å². The fraction of sp³-hybridized carbons (Fsp3) is 0.300. The van der Waals surface area contributed by atoms with Crippen molar-refractivity contribution in [3.05, 3.63) is 64.1 Å². The van der Waals surface area contributed by atoms with Crippen LogP contribution < -0.4 is 14.8 Å². The maximum Gasteiger partial charge on any atom is 0.145 e. The van der Waals surface area contributed by atoms with Gasteiger partial charge in [0, 0.05) is 16.5 Å². The van der Waals surface area contributed by atoms with E-state index < -0.39 is 0 Å². The second-order valence-electron chi connectivity index (χ2n) is 6.32. The Hall–Kier alpha value is -1.94. The number of hydrogen-bond donors (Lipinski definition) is 1. The Kier molecular flexibility index (Phi) is 4.01. The minimum Gasteiger partial charge on any atom is -0.497 e. The van der Waals surface area contributed by atoms with Gasteiger partial charge in [-0.25, -0.2) is 0 Å². The minimum atomic E-state index is 0.271. The summed E-state index contributed by atoms with van der Waals surface area (Å²) in [7, 11) is 3.41. The summed E-state index contributed by atoms with van der Waals surface area (Å²) in [6.45, 7) is 0. The summed E-state index contributed by atoms with van der Waals surface area (Å²) < 4.78 is 12.2. The molecule has 3 atom stereocenters. The molecule has 3 nitrogen and oxygen atoms in total. The molecule has 1 aliphatic carbocycles. The molecule has 0 radical (unpaired) electrons. The molecule has 0 spiro atoms. The number of benzene rings is 2. The lowest BCUT2D eigenvalue weighted by molar-refractivity contribution is 0.381. The number of nitrogens with one attached hydrogen (secondary N) is 1. The van der Waals surface area contributed by atoms with Gasteiger partial charge in [0.05, 0.1) is 25.9 Å². The molecule has 2 aliphatic rings. The van der Waals surface area contributed by atoms with E-state index in [2.05, 4.69) is 63.7 Å². The summed E-state index contributed by atoms with van der Waals surface area (Å²) in [6, 6.07) is 13.0. The summed E-state index contributed by atoms with van der Waals surface area (Å²) >= 11 is 3.52. The molecule has 0 amide bonds. The molecule has 2 aromatic carbocycles. The fourth-order valence-corrected chi connectivity index (χ4v) is 4.18. The first-order valence-corrected chi connectivity index (χ1v) is 8.95. The van der Waals surface area contributed by atoms with E-state index in [1.54, 1.807) is 14.2 Å². The molecular formula is C20H20BrNO2. The van der Waals surface area contributed by atoms with Crippen molar-refractivity contribution in [3.63, 3.8) is 0 Å². The molecule has 0 unspecified atom stereocenters. The first-order valence-electron chi connectivity index (χ1n) is 8.16. The van der Waals surface area contributed by atoms with Crippen LogP contribution in [0.4, 0.5) is 5.69 Å². The van der Waals surface area contributed by atoms with Crippen LogP contribution in [0.5, 0.6) is 11.5 Å². The van der Waals surface area contributed by atoms with Gasteiger partial charge in [-0.1, -0.05) is 40.2 Å². The average molecular weight is 386 g/mol. The van der Waals surface area contributed by atoms with Crippen molar-refractivity contribution in [1.29, 1.82) is 0 Å². The monoisotopic (exact) mass is 385 g/mol. The molecule has 0 bridgehead atoms. The standard InChI is InChI=1S/C20H20BrNO2/c1-23-14-10-17-15-4-3-5-16(15)19(12-6-8-13(21)9-7-12)22-20(17)18(11-14)24-2/h3-4,6-11,15-16,19,22H,5H2,1-2H3/t15-,16-,19+/m1/s1. The van der Waals surface area contributed by atoms with E-state index in [1.807, 2.05) is 6.07 Å². The Labute approximate surface area is 150 Å². The lowest BCUT2D eigenvalue weighted by atomic mass is 9.77. The number of hydrogen-bond acceptors (Lipinski definition) is 3. The average Bonchev–Trinajstić information content (AvgIpc) is 3.11. The van der Waals surface area contributed by atoms with Gasteiger partial charge in [0.15, 0.2) is 0 Å². The van der Waals surface area contributed by atoms with Gasteiger partial charge in [-0.2, -0.15) is 0 Å². The lowest BCUT2D eigenvalue weighted by Gasteiger charge is -2.38. The van der Waals surface area contributed by atoms with Gasteiger partial charge in [0.25, 0.3) is 0 Å². The van der Waals surface area contributed by atoms with Crippen molar-refractivity contribution < 1.29 is 9.47 Å². The molecule has 1 aliphatic heterocycles. The van der Waals surface area contributed by atoms with Gasteiger partial charge < -0.3 is 14.8 Å². The Morgan fingerprint density at radius 1 is 1.08 bits per heavy atom. The third-order valence-electron chi connectivity index (χ3n) is 5.09. The molecule has 4 heteroatoms. The number of methoxy groups -OCH3 is 2. The van der Waals surface area contributed by atoms with Gasteiger partial charge >= 0.3 is 0 Å². The molecule has 0 fully saturated rings. The Bertz CT molecular complexity index is 785. The predicted molar refractivity (Wildman–Crippen MR) is 100 cm³/mol. The number of rotatable bonds is 3. The molecule has 24 heavy (non-hydrogen) atoms. The Balaban J connectivity index is 1.82. The lowest BCUT2D eigenvalue weighted by Crippen LogP contribution is -2.29. The zero-order chi connectivity index (χ0) is 16.7. The quantitative estimate of drug-likeness (QED) is 0.727. The fourth-order valence-electron chi connectivity index (χ4n) is 3.92. The molecule has 1 heterocycles. The first kappa shape index (κ1) is 15.6. The van der Waals surface area contributed by atoms with Crippen molar-refractivity contribution in [2.75, 3.05) is 19.5 Å². The van der Waals surface area contributed by atoms with Crippen molar-refractivity contribution >= 4 is 21.6 Å². The molecule has 1 N–H and O–H groups in total. The largest absolute Gasteiger partial charge is 0.497 e. The van der Waals surface area contributed by atoms with E-state index in [0.717, 1.165) is 28.1 Å². The molecular weight excluding hydrogens is 366 g/mol. The SMILES string of the molecule is COc1cc(OC)c2c(c1)[C@@H]1C=CC[C@H]1[C@H](c1ccc(Br)cc1)N2. The summed E-state index contributed by atoms with van der Waals surface area (Å²) in [5.74, 6) is 2.58. The maximum atomic E-state index is 5.63. The Morgan fingerprint density at radius 2 is 1.88 bits per heavy atom. The van der Waals surface area contributed by atoms with E-state index in [-0.39, 0.29) is 6.04 Å². The van der Waals surface area contributed by atoms with E-state index in [4.69, 9.17) is 9.47 Å². The highest BCUT2D eigenvalue weighted by molar-refractivity contribution is 9.10. The van der Waals surface area contributed by atoms with E-state index in [0.29, 0.717) is 11.8 Å². The van der Waals surface area contributed by atoms with Gasteiger partial charge in [-0.3, -0.25) is 0 Å². The van der Waals surface area contributed by atoms with Crippen LogP contribution in [0.2, 0.25) is 0 Å². The second-order valence-corrected chi connectivity index (χ2v) is 7.24. The highest BCUT2D eigenvalue weighted by atomic mass is 79.9. The summed E-state index contributed by atoms with van der Waals surface area (Å²) in [5, 5.41) is 3.74. The van der Waals surface area contributed by atoms with Crippen LogP contribution in [0, 0.1) is 5.92 Å². The number of allylic oxidation sites excluding steroid dienone is 2. The smallest absolute Gasteiger partial charge is 0.145 e. The minimum absolute atomic E-state index is 0.271. The van der Waals surface area contributed by atoms with Gasteiger partial charge in [-0.05, 0) is 41.7 Å². The summed E-state index contributed by atoms with van der Waals surface area (Å²) in [6.07, 6.45) is 5.70. The summed E-state index contributed by atoms with van der Waals surface area (Å²) in [5.41, 5.74) is 3.65.